The number of thioether (sulfide) groups is 1. The number of hydrogen-bond acceptors (Lipinski definition) is 4. The Balaban J connectivity index is 1.75. The predicted molar refractivity (Wildman–Crippen MR) is 96.3 cm³/mol. The Hall–Kier alpha value is -2.60. The number of benzene rings is 2. The summed E-state index contributed by atoms with van der Waals surface area (Å²) < 4.78 is 20.6. The molecular weight excluding hydrogens is 339 g/mol. The fourth-order valence-electron chi connectivity index (χ4n) is 2.47. The van der Waals surface area contributed by atoms with Crippen LogP contribution in [0, 0.1) is 12.7 Å². The summed E-state index contributed by atoms with van der Waals surface area (Å²) in [5.41, 5.74) is 2.45. The summed E-state index contributed by atoms with van der Waals surface area (Å²) in [6.07, 6.45) is 3.56. The van der Waals surface area contributed by atoms with Gasteiger partial charge in [0, 0.05) is 18.0 Å². The first-order valence-electron chi connectivity index (χ1n) is 7.69. The van der Waals surface area contributed by atoms with Crippen LogP contribution in [0.3, 0.4) is 0 Å². The minimum Gasteiger partial charge on any atom is -0.494 e. The van der Waals surface area contributed by atoms with Gasteiger partial charge in [-0.25, -0.2) is 9.37 Å². The highest BCUT2D eigenvalue weighted by molar-refractivity contribution is 7.99. The van der Waals surface area contributed by atoms with Gasteiger partial charge >= 0.3 is 0 Å². The summed E-state index contributed by atoms with van der Waals surface area (Å²) in [5.74, 6) is -0.403. The molecule has 0 aliphatic rings. The van der Waals surface area contributed by atoms with Crippen molar-refractivity contribution < 1.29 is 13.9 Å². The predicted octanol–water partition coefficient (Wildman–Crippen LogP) is 4.30. The molecule has 1 aromatic heterocycles. The van der Waals surface area contributed by atoms with E-state index in [1.165, 1.54) is 31.0 Å². The highest BCUT2D eigenvalue weighted by atomic mass is 32.2. The molecule has 0 saturated carbocycles. The smallest absolute Gasteiger partial charge is 0.173 e. The number of hydrogen-bond donors (Lipinski definition) is 0. The molecule has 3 aromatic rings. The molecule has 25 heavy (non-hydrogen) atoms. The number of methoxy groups -OCH3 is 1. The largest absolute Gasteiger partial charge is 0.494 e. The van der Waals surface area contributed by atoms with Crippen LogP contribution in [0.2, 0.25) is 0 Å². The van der Waals surface area contributed by atoms with Gasteiger partial charge in [-0.3, -0.25) is 9.36 Å². The van der Waals surface area contributed by atoms with E-state index in [4.69, 9.17) is 4.74 Å². The van der Waals surface area contributed by atoms with Gasteiger partial charge in [0.15, 0.2) is 22.5 Å². The number of para-hydroxylation sites is 1. The topological polar surface area (TPSA) is 44.1 Å². The number of aryl methyl sites for hydroxylation is 1. The quantitative estimate of drug-likeness (QED) is 0.488. The van der Waals surface area contributed by atoms with Crippen LogP contribution in [0.4, 0.5) is 4.39 Å². The van der Waals surface area contributed by atoms with Crippen LogP contribution in [0.5, 0.6) is 5.75 Å². The van der Waals surface area contributed by atoms with Crippen LogP contribution in [-0.4, -0.2) is 28.2 Å². The summed E-state index contributed by atoms with van der Waals surface area (Å²) in [4.78, 5) is 16.7. The number of nitrogens with zero attached hydrogens (tertiary/aromatic N) is 2. The molecule has 0 spiro atoms. The molecule has 6 heteroatoms. The van der Waals surface area contributed by atoms with E-state index in [-0.39, 0.29) is 17.3 Å². The van der Waals surface area contributed by atoms with E-state index >= 15 is 0 Å². The molecule has 0 aliphatic carbocycles. The van der Waals surface area contributed by atoms with Gasteiger partial charge in [0.05, 0.1) is 18.6 Å². The standard InChI is InChI=1S/C19H17FN2O2S/c1-13-5-3-4-6-16(13)22-10-9-21-19(22)25-12-17(23)14-7-8-18(24-2)15(20)11-14/h3-11H,12H2,1-2H3. The summed E-state index contributed by atoms with van der Waals surface area (Å²) >= 11 is 1.32. The first kappa shape index (κ1) is 17.2. The van der Waals surface area contributed by atoms with Crippen LogP contribution in [-0.2, 0) is 0 Å². The van der Waals surface area contributed by atoms with Crippen molar-refractivity contribution in [3.63, 3.8) is 0 Å². The molecular formula is C19H17FN2O2S. The lowest BCUT2D eigenvalue weighted by Gasteiger charge is -2.10. The van der Waals surface area contributed by atoms with Gasteiger partial charge in [-0.15, -0.1) is 0 Å². The number of ketones is 1. The van der Waals surface area contributed by atoms with E-state index in [1.807, 2.05) is 42.0 Å². The first-order valence-corrected chi connectivity index (χ1v) is 8.67. The number of aromatic nitrogens is 2. The number of halogens is 1. The molecule has 0 atom stereocenters. The zero-order valence-corrected chi connectivity index (χ0v) is 14.7. The molecule has 4 nitrogen and oxygen atoms in total. The zero-order valence-electron chi connectivity index (χ0n) is 13.9. The Morgan fingerprint density at radius 2 is 2.08 bits per heavy atom. The number of rotatable bonds is 6. The van der Waals surface area contributed by atoms with Crippen LogP contribution in [0.25, 0.3) is 5.69 Å². The Labute approximate surface area is 149 Å². The molecule has 0 amide bonds. The van der Waals surface area contributed by atoms with Gasteiger partial charge in [0.1, 0.15) is 0 Å². The van der Waals surface area contributed by atoms with Crippen molar-refractivity contribution in [2.24, 2.45) is 0 Å². The molecule has 0 unspecified atom stereocenters. The average Bonchev–Trinajstić information content (AvgIpc) is 3.08. The van der Waals surface area contributed by atoms with Crippen molar-refractivity contribution in [3.8, 4) is 11.4 Å². The second-order valence-corrected chi connectivity index (χ2v) is 6.37. The highest BCUT2D eigenvalue weighted by Crippen LogP contribution is 2.24. The SMILES string of the molecule is COc1ccc(C(=O)CSc2nccn2-c2ccccc2C)cc1F. The van der Waals surface area contributed by atoms with E-state index in [1.54, 1.807) is 12.3 Å². The van der Waals surface area contributed by atoms with Gasteiger partial charge in [-0.1, -0.05) is 30.0 Å². The van der Waals surface area contributed by atoms with E-state index in [2.05, 4.69) is 4.98 Å². The molecule has 0 saturated heterocycles. The third-order valence-electron chi connectivity index (χ3n) is 3.79. The molecule has 0 N–H and O–H groups in total. The fourth-order valence-corrected chi connectivity index (χ4v) is 3.33. The molecule has 0 bridgehead atoms. The van der Waals surface area contributed by atoms with E-state index in [0.717, 1.165) is 16.4 Å². The van der Waals surface area contributed by atoms with Crippen LogP contribution in [0.1, 0.15) is 15.9 Å². The number of carbonyl (C=O) groups excluding carboxylic acids is 1. The Morgan fingerprint density at radius 3 is 2.80 bits per heavy atom. The highest BCUT2D eigenvalue weighted by Gasteiger charge is 2.13. The Bertz CT molecular complexity index is 908. The van der Waals surface area contributed by atoms with Crippen molar-refractivity contribution >= 4 is 17.5 Å². The molecule has 1 heterocycles. The van der Waals surface area contributed by atoms with Crippen molar-refractivity contribution in [2.75, 3.05) is 12.9 Å². The van der Waals surface area contributed by atoms with E-state index in [0.29, 0.717) is 5.56 Å². The van der Waals surface area contributed by atoms with Crippen LogP contribution < -0.4 is 4.74 Å². The summed E-state index contributed by atoms with van der Waals surface area (Å²) in [5, 5.41) is 0.719. The monoisotopic (exact) mass is 356 g/mol. The lowest BCUT2D eigenvalue weighted by atomic mass is 10.1. The molecule has 128 valence electrons. The Kier molecular flexibility index (Phi) is 5.19. The fraction of sp³-hybridized carbons (Fsp3) is 0.158. The van der Waals surface area contributed by atoms with Gasteiger partial charge in [-0.05, 0) is 36.8 Å². The lowest BCUT2D eigenvalue weighted by molar-refractivity contribution is 0.102. The normalized spacial score (nSPS) is 10.7. The van der Waals surface area contributed by atoms with Gasteiger partial charge in [-0.2, -0.15) is 0 Å². The van der Waals surface area contributed by atoms with Crippen molar-refractivity contribution in [1.29, 1.82) is 0 Å². The molecule has 3 rings (SSSR count). The zero-order chi connectivity index (χ0) is 17.8. The average molecular weight is 356 g/mol. The third kappa shape index (κ3) is 3.74. The summed E-state index contributed by atoms with van der Waals surface area (Å²) in [7, 11) is 1.39. The van der Waals surface area contributed by atoms with Gasteiger partial charge in [0.2, 0.25) is 0 Å². The number of Topliss-reactive ketones (excluding diaryl/α,β-unsaturated/α-hetero) is 1. The van der Waals surface area contributed by atoms with Gasteiger partial charge < -0.3 is 4.74 Å². The van der Waals surface area contributed by atoms with Crippen molar-refractivity contribution in [2.45, 2.75) is 12.1 Å². The molecule has 0 radical (unpaired) electrons. The minimum atomic E-state index is -0.542. The molecule has 2 aromatic carbocycles. The maximum absolute atomic E-state index is 13.8. The van der Waals surface area contributed by atoms with Crippen molar-refractivity contribution in [1.82, 2.24) is 9.55 Å². The van der Waals surface area contributed by atoms with Crippen molar-refractivity contribution in [3.05, 3.63) is 71.8 Å². The summed E-state index contributed by atoms with van der Waals surface area (Å²) in [6.45, 7) is 2.02. The molecule has 0 aliphatic heterocycles. The number of imidazole rings is 1. The Morgan fingerprint density at radius 1 is 1.28 bits per heavy atom. The van der Waals surface area contributed by atoms with E-state index in [9.17, 15) is 9.18 Å². The maximum atomic E-state index is 13.8. The van der Waals surface area contributed by atoms with Crippen LogP contribution >= 0.6 is 11.8 Å². The lowest BCUT2D eigenvalue weighted by Crippen LogP contribution is -2.05. The minimum absolute atomic E-state index is 0.124. The summed E-state index contributed by atoms with van der Waals surface area (Å²) in [6, 6.07) is 12.2. The molecule has 0 fully saturated rings. The first-order chi connectivity index (χ1) is 12.1. The second-order valence-electron chi connectivity index (χ2n) is 5.43. The van der Waals surface area contributed by atoms with Gasteiger partial charge in [0.25, 0.3) is 0 Å². The number of ether oxygens (including phenoxy) is 1. The third-order valence-corrected chi connectivity index (χ3v) is 4.75. The van der Waals surface area contributed by atoms with E-state index < -0.39 is 5.82 Å². The number of carbonyl (C=O) groups is 1. The van der Waals surface area contributed by atoms with Crippen LogP contribution in [0.15, 0.2) is 60.0 Å². The maximum Gasteiger partial charge on any atom is 0.173 e. The second kappa shape index (κ2) is 7.53.